The van der Waals surface area contributed by atoms with Gasteiger partial charge in [-0.3, -0.25) is 14.4 Å². The second-order valence-corrected chi connectivity index (χ2v) is 10.4. The molecule has 1 aromatic rings. The average Bonchev–Trinajstić information content (AvgIpc) is 2.85. The van der Waals surface area contributed by atoms with Crippen LogP contribution in [0, 0.1) is 0 Å². The summed E-state index contributed by atoms with van der Waals surface area (Å²) in [5.41, 5.74) is 10.9. The van der Waals surface area contributed by atoms with E-state index in [0.717, 1.165) is 23.1 Å². The number of aliphatic carboxylic acids is 3. The lowest BCUT2D eigenvalue weighted by Crippen LogP contribution is -2.32. The third-order valence-electron chi connectivity index (χ3n) is 5.58. The fourth-order valence-electron chi connectivity index (χ4n) is 3.73. The minimum Gasteiger partial charge on any atom is -0.506 e. The highest BCUT2D eigenvalue weighted by Crippen LogP contribution is 2.52. The molecular weight excluding hydrogens is 540 g/mol. The number of phenols is 1. The van der Waals surface area contributed by atoms with Gasteiger partial charge in [0.2, 0.25) is 11.3 Å². The van der Waals surface area contributed by atoms with Crippen LogP contribution in [0.4, 0.5) is 5.69 Å². The van der Waals surface area contributed by atoms with Crippen molar-refractivity contribution in [1.29, 1.82) is 0 Å². The predicted octanol–water partition coefficient (Wildman–Crippen LogP) is 0.899. The Hall–Kier alpha value is -4.18. The summed E-state index contributed by atoms with van der Waals surface area (Å²) in [7, 11) is 0. The number of rotatable bonds is 8. The molecule has 198 valence electrons. The van der Waals surface area contributed by atoms with Crippen LogP contribution in [0.25, 0.3) is 15.5 Å². The number of nitrogens with zero attached hydrogens (tertiary/aromatic N) is 1. The summed E-state index contributed by atoms with van der Waals surface area (Å²) in [6.07, 6.45) is -0.289. The lowest BCUT2D eigenvalue weighted by Gasteiger charge is -2.25. The molecule has 0 amide bonds. The number of nitrogens with two attached hydrogens (primary N) is 2. The molecule has 1 aromatic carbocycles. The lowest BCUT2D eigenvalue weighted by atomic mass is 10.0. The van der Waals surface area contributed by atoms with E-state index >= 15 is 0 Å². The zero-order chi connectivity index (χ0) is 27.9. The molecule has 1 aliphatic carbocycles. The molecular formula is C23H20N4O9S2. The Morgan fingerprint density at radius 2 is 1.66 bits per heavy atom. The first-order valence-corrected chi connectivity index (χ1v) is 12.4. The van der Waals surface area contributed by atoms with E-state index in [1.807, 2.05) is 0 Å². The topological polar surface area (TPSA) is 246 Å². The van der Waals surface area contributed by atoms with Gasteiger partial charge in [-0.05, 0) is 42.2 Å². The molecule has 2 atom stereocenters. The first-order chi connectivity index (χ1) is 17.9. The van der Waals surface area contributed by atoms with Gasteiger partial charge in [-0.1, -0.05) is 17.8 Å². The smallest absolute Gasteiger partial charge is 0.353 e. The number of benzene rings is 2. The van der Waals surface area contributed by atoms with Crippen molar-refractivity contribution in [3.63, 3.8) is 0 Å². The maximum Gasteiger partial charge on any atom is 0.353 e. The van der Waals surface area contributed by atoms with E-state index in [-0.39, 0.29) is 44.6 Å². The van der Waals surface area contributed by atoms with Crippen LogP contribution in [0.15, 0.2) is 39.7 Å². The molecule has 10 N–H and O–H groups in total. The predicted molar refractivity (Wildman–Crippen MR) is 137 cm³/mol. The van der Waals surface area contributed by atoms with Crippen molar-refractivity contribution in [3.05, 3.63) is 56.2 Å². The monoisotopic (exact) mass is 560 g/mol. The van der Waals surface area contributed by atoms with E-state index in [0.29, 0.717) is 16.0 Å². The maximum atomic E-state index is 12.6. The first-order valence-electron chi connectivity index (χ1n) is 10.8. The fraction of sp³-hybridized carbons (Fsp3) is 0.174. The van der Waals surface area contributed by atoms with E-state index in [4.69, 9.17) is 16.6 Å². The SMILES string of the molecule is N[C@@H](Cc1cc2sc(C3=C(C(=O)O)Nc4c(O)ccc(C[C@H](N)C(=O)O)c4S3)c(O)nc-2c(=O)c1)C(=O)O. The molecule has 0 bridgehead atoms. The first kappa shape index (κ1) is 26.9. The Morgan fingerprint density at radius 3 is 2.29 bits per heavy atom. The number of fused-ring (bicyclic) bond motifs is 2. The zero-order valence-electron chi connectivity index (χ0n) is 19.2. The van der Waals surface area contributed by atoms with Crippen molar-refractivity contribution in [1.82, 2.24) is 4.98 Å². The van der Waals surface area contributed by atoms with Gasteiger partial charge in [-0.2, -0.15) is 0 Å². The molecule has 0 radical (unpaired) electrons. The third kappa shape index (κ3) is 5.12. The molecule has 15 heteroatoms. The van der Waals surface area contributed by atoms with Crippen LogP contribution in [0.3, 0.4) is 0 Å². The molecule has 0 saturated carbocycles. The number of carboxylic acids is 3. The molecule has 0 spiro atoms. The molecule has 3 aliphatic rings. The minimum absolute atomic E-state index is 0.0160. The number of thioether (sulfide) groups is 1. The molecule has 0 aromatic heterocycles. The molecule has 2 aliphatic heterocycles. The van der Waals surface area contributed by atoms with Gasteiger partial charge in [-0.25, -0.2) is 9.78 Å². The summed E-state index contributed by atoms with van der Waals surface area (Å²) in [5, 5.41) is 51.9. The molecule has 0 saturated heterocycles. The van der Waals surface area contributed by atoms with Crippen LogP contribution >= 0.6 is 23.1 Å². The van der Waals surface area contributed by atoms with Crippen LogP contribution in [-0.4, -0.2) is 60.5 Å². The highest BCUT2D eigenvalue weighted by atomic mass is 32.2. The number of aromatic nitrogens is 1. The summed E-state index contributed by atoms with van der Waals surface area (Å²) >= 11 is 1.69. The number of anilines is 1. The summed E-state index contributed by atoms with van der Waals surface area (Å²) in [6.45, 7) is 0. The Balaban J connectivity index is 1.87. The summed E-state index contributed by atoms with van der Waals surface area (Å²) in [6, 6.07) is 2.84. The second kappa shape index (κ2) is 10.3. The zero-order valence-corrected chi connectivity index (χ0v) is 20.8. The Bertz CT molecular complexity index is 1550. The lowest BCUT2D eigenvalue weighted by molar-refractivity contribution is -0.139. The van der Waals surface area contributed by atoms with Gasteiger partial charge >= 0.3 is 17.9 Å². The standard InChI is InChI=1S/C23H20N4O9S2/c24-9(21(31)32)3-7-4-12(29)14-13(5-7)37-19(20(30)27-14)18-16(23(35)36)26-15-11(28)2-1-8(17(15)38-18)6-10(25)22(33)34/h1-2,4-5,9-10,26,28,30H,3,6,24-25H2,(H,31,32)(H,33,34)(H,35,36)/t9-,10-/m0/s1. The van der Waals surface area contributed by atoms with Crippen molar-refractivity contribution in [2.24, 2.45) is 11.5 Å². The van der Waals surface area contributed by atoms with E-state index in [1.54, 1.807) is 0 Å². The number of aromatic hydroxyl groups is 2. The highest BCUT2D eigenvalue weighted by Gasteiger charge is 2.32. The average molecular weight is 561 g/mol. The van der Waals surface area contributed by atoms with Crippen molar-refractivity contribution in [2.45, 2.75) is 29.8 Å². The van der Waals surface area contributed by atoms with Crippen molar-refractivity contribution in [2.75, 3.05) is 5.32 Å². The van der Waals surface area contributed by atoms with Gasteiger partial charge in [-0.15, -0.1) is 11.3 Å². The summed E-state index contributed by atoms with van der Waals surface area (Å²) in [5.74, 6) is -4.87. The molecule has 13 nitrogen and oxygen atoms in total. The van der Waals surface area contributed by atoms with E-state index in [2.05, 4.69) is 10.3 Å². The van der Waals surface area contributed by atoms with Gasteiger partial charge in [0, 0.05) is 4.90 Å². The van der Waals surface area contributed by atoms with Gasteiger partial charge in [0.05, 0.1) is 15.5 Å². The normalized spacial score (nSPS) is 14.5. The van der Waals surface area contributed by atoms with Crippen LogP contribution in [0.5, 0.6) is 11.6 Å². The fourth-order valence-corrected chi connectivity index (χ4v) is 6.15. The van der Waals surface area contributed by atoms with E-state index < -0.39 is 47.0 Å². The van der Waals surface area contributed by atoms with E-state index in [1.165, 1.54) is 24.3 Å². The molecule has 2 heterocycles. The molecule has 4 rings (SSSR count). The van der Waals surface area contributed by atoms with Crippen LogP contribution in [-0.2, 0) is 27.2 Å². The summed E-state index contributed by atoms with van der Waals surface area (Å²) in [4.78, 5) is 51.6. The number of nitrogens with one attached hydrogen (secondary N) is 1. The van der Waals surface area contributed by atoms with Crippen LogP contribution in [0.1, 0.15) is 16.0 Å². The molecule has 38 heavy (non-hydrogen) atoms. The number of phenolic OH excluding ortho intramolecular Hbond substituents is 1. The minimum atomic E-state index is -1.43. The Kier molecular flexibility index (Phi) is 7.28. The summed E-state index contributed by atoms with van der Waals surface area (Å²) < 4.78 is 0. The maximum absolute atomic E-state index is 12.6. The number of hydrogen-bond acceptors (Lipinski definition) is 12. The van der Waals surface area contributed by atoms with Gasteiger partial charge in [0.25, 0.3) is 0 Å². The third-order valence-corrected chi connectivity index (χ3v) is 8.11. The van der Waals surface area contributed by atoms with Crippen LogP contribution < -0.4 is 22.2 Å². The molecule has 0 unspecified atom stereocenters. The van der Waals surface area contributed by atoms with Crippen molar-refractivity contribution < 1.29 is 39.9 Å². The Morgan fingerprint density at radius 1 is 1.00 bits per heavy atom. The molecule has 0 fully saturated rings. The Labute approximate surface area is 221 Å². The van der Waals surface area contributed by atoms with Crippen molar-refractivity contribution in [3.8, 4) is 22.2 Å². The number of hydrogen-bond donors (Lipinski definition) is 8. The van der Waals surface area contributed by atoms with Gasteiger partial charge < -0.3 is 42.3 Å². The van der Waals surface area contributed by atoms with Crippen LogP contribution in [0.2, 0.25) is 0 Å². The van der Waals surface area contributed by atoms with Gasteiger partial charge in [0.15, 0.2) is 0 Å². The second-order valence-electron chi connectivity index (χ2n) is 8.29. The van der Waals surface area contributed by atoms with E-state index in [9.17, 15) is 39.6 Å². The highest BCUT2D eigenvalue weighted by molar-refractivity contribution is 8.08. The largest absolute Gasteiger partial charge is 0.506 e. The number of carboxylic acid groups (broad SMARTS) is 3. The van der Waals surface area contributed by atoms with Crippen molar-refractivity contribution >= 4 is 51.6 Å². The quantitative estimate of drug-likeness (QED) is 0.178. The van der Waals surface area contributed by atoms with Gasteiger partial charge in [0.1, 0.15) is 34.1 Å². The number of carbonyl (C=O) groups is 3.